The van der Waals surface area contributed by atoms with E-state index < -0.39 is 29.3 Å². The molecule has 0 aliphatic carbocycles. The number of allylic oxidation sites excluding steroid dienone is 1. The highest BCUT2D eigenvalue weighted by atomic mass is 19.4. The van der Waals surface area contributed by atoms with E-state index in [0.29, 0.717) is 5.56 Å². The average molecular weight is 282 g/mol. The van der Waals surface area contributed by atoms with Crippen molar-refractivity contribution in [2.75, 3.05) is 0 Å². The minimum atomic E-state index is -4.44. The normalized spacial score (nSPS) is 17.1. The standard InChI is InChI=1S/C13H9F3N2O2/c1-7(10-6-11(19)12(20)18-17-10)8-3-2-4-9(5-8)13(14,15)16/h2-7H,1H3. The lowest BCUT2D eigenvalue weighted by atomic mass is 9.95. The van der Waals surface area contributed by atoms with Gasteiger partial charge in [-0.25, -0.2) is 0 Å². The first kappa shape index (κ1) is 14.1. The van der Waals surface area contributed by atoms with E-state index in [1.165, 1.54) is 12.1 Å². The summed E-state index contributed by atoms with van der Waals surface area (Å²) in [5, 5.41) is 6.72. The van der Waals surface area contributed by atoms with E-state index in [4.69, 9.17) is 0 Å². The Labute approximate surface area is 112 Å². The van der Waals surface area contributed by atoms with E-state index in [1.807, 2.05) is 0 Å². The van der Waals surface area contributed by atoms with Crippen LogP contribution in [0, 0.1) is 0 Å². The van der Waals surface area contributed by atoms with Gasteiger partial charge in [0.05, 0.1) is 11.3 Å². The zero-order valence-electron chi connectivity index (χ0n) is 10.3. The predicted octanol–water partition coefficient (Wildman–Crippen LogP) is 3.25. The van der Waals surface area contributed by atoms with Crippen LogP contribution in [0.4, 0.5) is 13.2 Å². The third-order valence-electron chi connectivity index (χ3n) is 2.90. The molecule has 0 fully saturated rings. The lowest BCUT2D eigenvalue weighted by Gasteiger charge is -2.15. The number of amides is 1. The molecule has 0 saturated heterocycles. The van der Waals surface area contributed by atoms with Gasteiger partial charge in [0, 0.05) is 12.0 Å². The van der Waals surface area contributed by atoms with Gasteiger partial charge in [0.15, 0.2) is 0 Å². The molecule has 1 amide bonds. The summed E-state index contributed by atoms with van der Waals surface area (Å²) in [5.41, 5.74) is -0.279. The summed E-state index contributed by atoms with van der Waals surface area (Å²) in [4.78, 5) is 22.1. The topological polar surface area (TPSA) is 58.9 Å². The molecule has 0 saturated carbocycles. The highest BCUT2D eigenvalue weighted by Gasteiger charge is 2.31. The number of hydrogen-bond acceptors (Lipinski definition) is 3. The minimum absolute atomic E-state index is 0.161. The first-order chi connectivity index (χ1) is 9.29. The summed E-state index contributed by atoms with van der Waals surface area (Å²) in [5.74, 6) is -2.38. The summed E-state index contributed by atoms with van der Waals surface area (Å²) >= 11 is 0. The monoisotopic (exact) mass is 282 g/mol. The second-order valence-electron chi connectivity index (χ2n) is 4.28. The zero-order valence-corrected chi connectivity index (χ0v) is 10.3. The molecule has 1 aliphatic rings. The van der Waals surface area contributed by atoms with E-state index in [2.05, 4.69) is 10.2 Å². The number of halogens is 3. The molecule has 0 radical (unpaired) electrons. The number of azo groups is 1. The Bertz CT molecular complexity index is 633. The molecule has 1 heterocycles. The lowest BCUT2D eigenvalue weighted by molar-refractivity contribution is -0.137. The van der Waals surface area contributed by atoms with Gasteiger partial charge >= 0.3 is 12.1 Å². The smallest absolute Gasteiger partial charge is 0.284 e. The maximum absolute atomic E-state index is 12.6. The van der Waals surface area contributed by atoms with Crippen molar-refractivity contribution < 1.29 is 22.8 Å². The van der Waals surface area contributed by atoms with Crippen molar-refractivity contribution in [2.45, 2.75) is 19.0 Å². The molecule has 1 aromatic carbocycles. The molecule has 0 N–H and O–H groups in total. The van der Waals surface area contributed by atoms with Gasteiger partial charge < -0.3 is 0 Å². The van der Waals surface area contributed by atoms with Gasteiger partial charge in [-0.15, -0.1) is 5.11 Å². The Kier molecular flexibility index (Phi) is 3.52. The fraction of sp³-hybridized carbons (Fsp3) is 0.231. The predicted molar refractivity (Wildman–Crippen MR) is 62.8 cm³/mol. The number of hydrogen-bond donors (Lipinski definition) is 0. The van der Waals surface area contributed by atoms with Crippen LogP contribution in [0.25, 0.3) is 0 Å². The highest BCUT2D eigenvalue weighted by molar-refractivity contribution is 6.41. The zero-order chi connectivity index (χ0) is 14.9. The number of carbonyl (C=O) groups excluding carboxylic acids is 2. The Morgan fingerprint density at radius 3 is 2.45 bits per heavy atom. The Balaban J connectivity index is 2.33. The Hall–Kier alpha value is -2.31. The second-order valence-corrected chi connectivity index (χ2v) is 4.28. The molecule has 2 rings (SSSR count). The van der Waals surface area contributed by atoms with E-state index in [1.54, 1.807) is 6.92 Å². The number of alkyl halides is 3. The van der Waals surface area contributed by atoms with Gasteiger partial charge in [0.2, 0.25) is 5.78 Å². The molecule has 20 heavy (non-hydrogen) atoms. The van der Waals surface area contributed by atoms with Gasteiger partial charge in [-0.05, 0) is 11.6 Å². The minimum Gasteiger partial charge on any atom is -0.284 e. The summed E-state index contributed by atoms with van der Waals surface area (Å²) < 4.78 is 37.9. The first-order valence-corrected chi connectivity index (χ1v) is 5.68. The maximum atomic E-state index is 12.6. The van der Waals surface area contributed by atoms with Crippen molar-refractivity contribution in [3.05, 3.63) is 47.2 Å². The van der Waals surface area contributed by atoms with Crippen LogP contribution in [0.5, 0.6) is 0 Å². The second kappa shape index (κ2) is 4.99. The molecule has 0 aromatic heterocycles. The van der Waals surface area contributed by atoms with Crippen LogP contribution in [-0.2, 0) is 15.8 Å². The van der Waals surface area contributed by atoms with E-state index >= 15 is 0 Å². The molecule has 7 heteroatoms. The van der Waals surface area contributed by atoms with Crippen molar-refractivity contribution in [3.8, 4) is 0 Å². The third kappa shape index (κ3) is 2.81. The summed E-state index contributed by atoms with van der Waals surface area (Å²) in [7, 11) is 0. The molecule has 0 spiro atoms. The van der Waals surface area contributed by atoms with Gasteiger partial charge in [0.25, 0.3) is 0 Å². The number of carbonyl (C=O) groups is 2. The first-order valence-electron chi connectivity index (χ1n) is 5.68. The van der Waals surface area contributed by atoms with Gasteiger partial charge in [-0.1, -0.05) is 25.1 Å². The summed E-state index contributed by atoms with van der Waals surface area (Å²) in [6.07, 6.45) is -3.44. The third-order valence-corrected chi connectivity index (χ3v) is 2.90. The molecule has 1 aliphatic heterocycles. The number of nitrogens with zero attached hydrogens (tertiary/aromatic N) is 2. The molecule has 1 atom stereocenters. The average Bonchev–Trinajstić information content (AvgIpc) is 2.40. The molecular weight excluding hydrogens is 273 g/mol. The van der Waals surface area contributed by atoms with Crippen LogP contribution in [0.2, 0.25) is 0 Å². The fourth-order valence-corrected chi connectivity index (χ4v) is 1.74. The van der Waals surface area contributed by atoms with Crippen molar-refractivity contribution in [3.63, 3.8) is 0 Å². The van der Waals surface area contributed by atoms with Crippen molar-refractivity contribution in [1.82, 2.24) is 0 Å². The van der Waals surface area contributed by atoms with Crippen molar-refractivity contribution in [2.24, 2.45) is 10.2 Å². The molecule has 1 aromatic rings. The lowest BCUT2D eigenvalue weighted by Crippen LogP contribution is -2.13. The van der Waals surface area contributed by atoms with Gasteiger partial charge in [-0.3, -0.25) is 9.59 Å². The highest BCUT2D eigenvalue weighted by Crippen LogP contribution is 2.33. The van der Waals surface area contributed by atoms with Crippen molar-refractivity contribution >= 4 is 11.7 Å². The summed E-state index contributed by atoms with van der Waals surface area (Å²) in [6.45, 7) is 1.59. The fourth-order valence-electron chi connectivity index (χ4n) is 1.74. The van der Waals surface area contributed by atoms with Crippen LogP contribution in [0.1, 0.15) is 24.0 Å². The Morgan fingerprint density at radius 1 is 1.15 bits per heavy atom. The van der Waals surface area contributed by atoms with Crippen LogP contribution in [0.15, 0.2) is 46.3 Å². The largest absolute Gasteiger partial charge is 0.416 e. The van der Waals surface area contributed by atoms with E-state index in [0.717, 1.165) is 18.2 Å². The summed E-state index contributed by atoms with van der Waals surface area (Å²) in [6, 6.07) is 4.73. The maximum Gasteiger partial charge on any atom is 0.416 e. The van der Waals surface area contributed by atoms with Crippen molar-refractivity contribution in [1.29, 1.82) is 0 Å². The number of ketones is 1. The SMILES string of the molecule is CC(C1=CC(=O)C(=O)N=N1)c1cccc(C(F)(F)F)c1. The molecular formula is C13H9F3N2O2. The van der Waals surface area contributed by atoms with E-state index in [9.17, 15) is 22.8 Å². The number of benzene rings is 1. The van der Waals surface area contributed by atoms with Gasteiger partial charge in [0.1, 0.15) is 0 Å². The van der Waals surface area contributed by atoms with E-state index in [-0.39, 0.29) is 5.70 Å². The van der Waals surface area contributed by atoms with Crippen LogP contribution < -0.4 is 0 Å². The van der Waals surface area contributed by atoms with Gasteiger partial charge in [-0.2, -0.15) is 18.3 Å². The van der Waals surface area contributed by atoms with Crippen LogP contribution in [-0.4, -0.2) is 11.7 Å². The van der Waals surface area contributed by atoms with Crippen LogP contribution >= 0.6 is 0 Å². The molecule has 4 nitrogen and oxygen atoms in total. The number of rotatable bonds is 2. The molecule has 0 bridgehead atoms. The quantitative estimate of drug-likeness (QED) is 0.782. The van der Waals surface area contributed by atoms with Crippen LogP contribution in [0.3, 0.4) is 0 Å². The molecule has 1 unspecified atom stereocenters. The Morgan fingerprint density at radius 2 is 1.85 bits per heavy atom. The molecule has 104 valence electrons.